The first-order valence-corrected chi connectivity index (χ1v) is 12.1. The summed E-state index contributed by atoms with van der Waals surface area (Å²) < 4.78 is 0. The number of hydrogen-bond acceptors (Lipinski definition) is 3. The van der Waals surface area contributed by atoms with Crippen LogP contribution in [0.5, 0.6) is 0 Å². The van der Waals surface area contributed by atoms with Crippen molar-refractivity contribution in [2.75, 3.05) is 6.54 Å². The third-order valence-corrected chi connectivity index (χ3v) is 6.15. The van der Waals surface area contributed by atoms with Gasteiger partial charge in [-0.25, -0.2) is 4.98 Å². The monoisotopic (exact) mass is 486 g/mol. The molecule has 0 atom stereocenters. The number of carboxylic acids is 1. The molecular formula is C29H27ClN2O3. The molecule has 178 valence electrons. The highest BCUT2D eigenvalue weighted by molar-refractivity contribution is 6.30. The summed E-state index contributed by atoms with van der Waals surface area (Å²) >= 11 is 5.93. The number of unbranched alkanes of at least 4 members (excludes halogenated alkanes) is 1. The average molecular weight is 487 g/mol. The molecule has 0 saturated carbocycles. The quantitative estimate of drug-likeness (QED) is 0.257. The van der Waals surface area contributed by atoms with Gasteiger partial charge >= 0.3 is 5.97 Å². The number of nitrogens with zero attached hydrogens (tertiary/aromatic N) is 1. The number of aromatic nitrogens is 1. The molecule has 0 spiro atoms. The van der Waals surface area contributed by atoms with Gasteiger partial charge < -0.3 is 10.4 Å². The van der Waals surface area contributed by atoms with Crippen molar-refractivity contribution in [1.29, 1.82) is 0 Å². The Morgan fingerprint density at radius 2 is 1.66 bits per heavy atom. The molecule has 0 bridgehead atoms. The lowest BCUT2D eigenvalue weighted by atomic mass is 9.98. The minimum Gasteiger partial charge on any atom is -0.481 e. The van der Waals surface area contributed by atoms with Crippen LogP contribution < -0.4 is 5.32 Å². The number of carbonyl (C=O) groups is 2. The highest BCUT2D eigenvalue weighted by atomic mass is 35.5. The van der Waals surface area contributed by atoms with Gasteiger partial charge in [0.2, 0.25) is 0 Å². The lowest BCUT2D eigenvalue weighted by Crippen LogP contribution is -2.25. The summed E-state index contributed by atoms with van der Waals surface area (Å²) in [5, 5.41) is 13.5. The van der Waals surface area contributed by atoms with Gasteiger partial charge in [0.25, 0.3) is 5.91 Å². The van der Waals surface area contributed by atoms with Crippen LogP contribution in [0.4, 0.5) is 0 Å². The summed E-state index contributed by atoms with van der Waals surface area (Å²) in [7, 11) is 0. The maximum absolute atomic E-state index is 12.8. The first kappa shape index (κ1) is 24.4. The Hall–Kier alpha value is -3.70. The average Bonchev–Trinajstić information content (AvgIpc) is 2.87. The van der Waals surface area contributed by atoms with Crippen LogP contribution in [0.1, 0.15) is 40.7 Å². The first-order valence-electron chi connectivity index (χ1n) is 11.7. The number of amides is 1. The maximum atomic E-state index is 12.8. The number of carbonyl (C=O) groups excluding carboxylic acids is 1. The van der Waals surface area contributed by atoms with Crippen molar-refractivity contribution < 1.29 is 14.7 Å². The summed E-state index contributed by atoms with van der Waals surface area (Å²) in [4.78, 5) is 28.6. The first-order chi connectivity index (χ1) is 17.0. The third-order valence-electron chi connectivity index (χ3n) is 5.90. The molecule has 3 aromatic carbocycles. The molecule has 1 heterocycles. The predicted octanol–water partition coefficient (Wildman–Crippen LogP) is 6.33. The molecule has 0 fully saturated rings. The number of rotatable bonds is 10. The van der Waals surface area contributed by atoms with Crippen molar-refractivity contribution in [3.63, 3.8) is 0 Å². The van der Waals surface area contributed by atoms with E-state index in [-0.39, 0.29) is 12.3 Å². The Morgan fingerprint density at radius 1 is 0.886 bits per heavy atom. The van der Waals surface area contributed by atoms with Gasteiger partial charge in [-0.3, -0.25) is 9.59 Å². The van der Waals surface area contributed by atoms with Gasteiger partial charge in [-0.2, -0.15) is 0 Å². The largest absolute Gasteiger partial charge is 0.481 e. The fraction of sp³-hybridized carbons (Fsp3) is 0.207. The number of hydrogen-bond donors (Lipinski definition) is 2. The Labute approximate surface area is 209 Å². The number of aryl methyl sites for hydroxylation is 1. The molecule has 0 unspecified atom stereocenters. The van der Waals surface area contributed by atoms with Gasteiger partial charge in [-0.1, -0.05) is 54.1 Å². The Morgan fingerprint density at radius 3 is 2.40 bits per heavy atom. The van der Waals surface area contributed by atoms with Gasteiger partial charge in [0.05, 0.1) is 11.2 Å². The molecule has 2 N–H and O–H groups in total. The van der Waals surface area contributed by atoms with Crippen molar-refractivity contribution >= 4 is 34.4 Å². The Balaban J connectivity index is 1.52. The number of pyridine rings is 1. The molecule has 0 aliphatic rings. The van der Waals surface area contributed by atoms with Crippen molar-refractivity contribution in [1.82, 2.24) is 10.3 Å². The SMILES string of the molecule is O=C(O)CCCCc1cc2cc(C(=O)NCCc3ccc(Cl)cc3)ccc2nc1-c1ccccc1. The topological polar surface area (TPSA) is 79.3 Å². The van der Waals surface area contributed by atoms with E-state index in [9.17, 15) is 9.59 Å². The van der Waals surface area contributed by atoms with Gasteiger partial charge in [0, 0.05) is 34.5 Å². The predicted molar refractivity (Wildman–Crippen MR) is 140 cm³/mol. The summed E-state index contributed by atoms with van der Waals surface area (Å²) in [5.74, 6) is -0.910. The van der Waals surface area contributed by atoms with Gasteiger partial charge in [-0.05, 0) is 73.2 Å². The van der Waals surface area contributed by atoms with Crippen LogP contribution in [-0.4, -0.2) is 28.5 Å². The molecule has 0 aliphatic heterocycles. The van der Waals surface area contributed by atoms with Crippen molar-refractivity contribution in [2.45, 2.75) is 32.1 Å². The molecule has 1 aromatic heterocycles. The van der Waals surface area contributed by atoms with E-state index < -0.39 is 5.97 Å². The number of aliphatic carboxylic acids is 1. The second-order valence-corrected chi connectivity index (χ2v) is 8.94. The van der Waals surface area contributed by atoms with E-state index in [0.29, 0.717) is 23.6 Å². The smallest absolute Gasteiger partial charge is 0.303 e. The summed E-state index contributed by atoms with van der Waals surface area (Å²) in [6.45, 7) is 0.526. The zero-order chi connectivity index (χ0) is 24.6. The van der Waals surface area contributed by atoms with E-state index in [2.05, 4.69) is 11.4 Å². The molecular weight excluding hydrogens is 460 g/mol. The van der Waals surface area contributed by atoms with Crippen LogP contribution in [-0.2, 0) is 17.6 Å². The number of benzene rings is 3. The van der Waals surface area contributed by atoms with Crippen LogP contribution in [0.25, 0.3) is 22.2 Å². The fourth-order valence-electron chi connectivity index (χ4n) is 4.06. The molecule has 4 aromatic rings. The standard InChI is InChI=1S/C29H27ClN2O3/c30-25-13-10-20(11-14-25)16-17-31-29(35)23-12-15-26-24(19-23)18-22(8-4-5-9-27(33)34)28(32-26)21-6-2-1-3-7-21/h1-3,6-7,10-15,18-19H,4-5,8-9,16-17H2,(H,31,35)(H,33,34). The van der Waals surface area contributed by atoms with Crippen LogP contribution in [0.15, 0.2) is 78.9 Å². The number of carboxylic acid groups (broad SMARTS) is 1. The van der Waals surface area contributed by atoms with E-state index in [1.165, 1.54) is 0 Å². The fourth-order valence-corrected chi connectivity index (χ4v) is 4.19. The third kappa shape index (κ3) is 6.67. The van der Waals surface area contributed by atoms with Crippen LogP contribution in [0.2, 0.25) is 5.02 Å². The normalized spacial score (nSPS) is 10.9. The van der Waals surface area contributed by atoms with Gasteiger partial charge in [0.15, 0.2) is 0 Å². The van der Waals surface area contributed by atoms with E-state index >= 15 is 0 Å². The molecule has 0 aliphatic carbocycles. The lowest BCUT2D eigenvalue weighted by Gasteiger charge is -2.12. The summed E-state index contributed by atoms with van der Waals surface area (Å²) in [5.41, 5.74) is 5.48. The van der Waals surface area contributed by atoms with Crippen molar-refractivity contribution in [2.24, 2.45) is 0 Å². The zero-order valence-electron chi connectivity index (χ0n) is 19.3. The van der Waals surface area contributed by atoms with Crippen LogP contribution >= 0.6 is 11.6 Å². The van der Waals surface area contributed by atoms with Crippen LogP contribution in [0.3, 0.4) is 0 Å². The molecule has 1 amide bonds. The molecule has 6 heteroatoms. The Bertz CT molecular complexity index is 1320. The zero-order valence-corrected chi connectivity index (χ0v) is 20.1. The summed E-state index contributed by atoms with van der Waals surface area (Å²) in [6.07, 6.45) is 2.96. The number of fused-ring (bicyclic) bond motifs is 1. The molecule has 4 rings (SSSR count). The lowest BCUT2D eigenvalue weighted by molar-refractivity contribution is -0.137. The van der Waals surface area contributed by atoms with E-state index in [1.807, 2.05) is 66.7 Å². The molecule has 0 radical (unpaired) electrons. The minimum atomic E-state index is -0.781. The van der Waals surface area contributed by atoms with Crippen molar-refractivity contribution in [3.05, 3.63) is 101 Å². The van der Waals surface area contributed by atoms with Gasteiger partial charge in [0.1, 0.15) is 0 Å². The molecule has 35 heavy (non-hydrogen) atoms. The second-order valence-electron chi connectivity index (χ2n) is 8.50. The number of halogens is 1. The van der Waals surface area contributed by atoms with Gasteiger partial charge in [-0.15, -0.1) is 0 Å². The highest BCUT2D eigenvalue weighted by Gasteiger charge is 2.12. The number of nitrogens with one attached hydrogen (secondary N) is 1. The van der Waals surface area contributed by atoms with Crippen molar-refractivity contribution in [3.8, 4) is 11.3 Å². The molecule has 0 saturated heterocycles. The van der Waals surface area contributed by atoms with E-state index in [1.54, 1.807) is 6.07 Å². The molecule has 5 nitrogen and oxygen atoms in total. The highest BCUT2D eigenvalue weighted by Crippen LogP contribution is 2.28. The maximum Gasteiger partial charge on any atom is 0.303 e. The summed E-state index contributed by atoms with van der Waals surface area (Å²) in [6, 6.07) is 25.2. The Kier molecular flexibility index (Phi) is 8.11. The minimum absolute atomic E-state index is 0.129. The van der Waals surface area contributed by atoms with Crippen LogP contribution in [0, 0.1) is 0 Å². The second kappa shape index (κ2) is 11.6. The van der Waals surface area contributed by atoms with E-state index in [0.717, 1.165) is 52.5 Å². The van der Waals surface area contributed by atoms with E-state index in [4.69, 9.17) is 21.7 Å².